The topological polar surface area (TPSA) is 173 Å². The Morgan fingerprint density at radius 2 is 1.40 bits per heavy atom. The van der Waals surface area contributed by atoms with Gasteiger partial charge in [-0.3, -0.25) is 19.0 Å². The van der Waals surface area contributed by atoms with Gasteiger partial charge in [0.1, 0.15) is 24.6 Å². The molecule has 12 heteroatoms. The molecule has 12 nitrogen and oxygen atoms in total. The van der Waals surface area contributed by atoms with Crippen LogP contribution in [0.1, 0.15) is 96.3 Å². The predicted octanol–water partition coefficient (Wildman–Crippen LogP) is 3.51. The second-order valence-corrected chi connectivity index (χ2v) is 12.4. The van der Waals surface area contributed by atoms with Gasteiger partial charge in [-0.15, -0.1) is 0 Å². The Bertz CT molecular complexity index is 1260. The molecule has 3 aliphatic carbocycles. The quantitative estimate of drug-likeness (QED) is 0.343. The van der Waals surface area contributed by atoms with Crippen LogP contribution in [0.15, 0.2) is 17.1 Å². The average molecular weight is 599 g/mol. The van der Waals surface area contributed by atoms with Crippen molar-refractivity contribution < 1.29 is 33.3 Å². The van der Waals surface area contributed by atoms with Crippen LogP contribution in [0.4, 0.5) is 5.82 Å². The summed E-state index contributed by atoms with van der Waals surface area (Å²) in [7, 11) is 0. The molecule has 0 unspecified atom stereocenters. The monoisotopic (exact) mass is 598 g/mol. The van der Waals surface area contributed by atoms with Gasteiger partial charge in [0.15, 0.2) is 6.10 Å². The van der Waals surface area contributed by atoms with Gasteiger partial charge in [-0.05, 0) is 44.6 Å². The van der Waals surface area contributed by atoms with Crippen LogP contribution in [0.3, 0.4) is 0 Å². The van der Waals surface area contributed by atoms with Crippen LogP contribution in [0, 0.1) is 29.1 Å². The summed E-state index contributed by atoms with van der Waals surface area (Å²) < 4.78 is 24.9. The van der Waals surface area contributed by atoms with Crippen molar-refractivity contribution in [1.29, 1.82) is 5.26 Å². The Morgan fingerprint density at radius 3 is 1.91 bits per heavy atom. The number of aromatic nitrogens is 2. The molecule has 1 aromatic heterocycles. The van der Waals surface area contributed by atoms with Gasteiger partial charge in [0.25, 0.3) is 5.72 Å². The molecule has 2 N–H and O–H groups in total. The molecule has 1 saturated heterocycles. The van der Waals surface area contributed by atoms with E-state index < -0.39 is 53.6 Å². The molecule has 0 spiro atoms. The minimum Gasteiger partial charge on any atom is -0.463 e. The van der Waals surface area contributed by atoms with Crippen molar-refractivity contribution in [3.05, 3.63) is 22.7 Å². The van der Waals surface area contributed by atoms with Crippen molar-refractivity contribution in [3.63, 3.8) is 0 Å². The van der Waals surface area contributed by atoms with Crippen molar-refractivity contribution in [1.82, 2.24) is 9.55 Å². The standard InChI is InChI=1S/C31H42N4O8/c32-19-31(35-17-16-24(33)34-30(35)39)26(42-29(38)22-14-8-3-9-15-22)25(41-28(37)21-12-6-2-7-13-21)23(43-31)18-40-27(36)20-10-4-1-5-11-20/h16-17,20-23,25-26H,1-15,18H2,(H2,33,34,39)/t23-,25-,26-,31-/m1/s1. The molecule has 43 heavy (non-hydrogen) atoms. The molecule has 3 saturated carbocycles. The van der Waals surface area contributed by atoms with Gasteiger partial charge in [0.2, 0.25) is 6.10 Å². The normalized spacial score (nSPS) is 29.0. The summed E-state index contributed by atoms with van der Waals surface area (Å²) in [6, 6.07) is 3.35. The first-order valence-electron chi connectivity index (χ1n) is 15.8. The Morgan fingerprint density at radius 1 is 0.884 bits per heavy atom. The molecule has 4 atom stereocenters. The maximum Gasteiger partial charge on any atom is 0.352 e. The second-order valence-electron chi connectivity index (χ2n) is 12.4. The van der Waals surface area contributed by atoms with Crippen LogP contribution in [0.25, 0.3) is 0 Å². The van der Waals surface area contributed by atoms with Crippen LogP contribution in [-0.4, -0.2) is 52.4 Å². The highest BCUT2D eigenvalue weighted by Gasteiger charge is 2.63. The van der Waals surface area contributed by atoms with Crippen molar-refractivity contribution in [2.75, 3.05) is 12.3 Å². The zero-order valence-corrected chi connectivity index (χ0v) is 24.6. The lowest BCUT2D eigenvalue weighted by Gasteiger charge is -2.32. The van der Waals surface area contributed by atoms with Crippen LogP contribution in [-0.2, 0) is 39.1 Å². The van der Waals surface area contributed by atoms with Crippen molar-refractivity contribution in [2.24, 2.45) is 17.8 Å². The minimum atomic E-state index is -2.25. The predicted molar refractivity (Wildman–Crippen MR) is 152 cm³/mol. The highest BCUT2D eigenvalue weighted by atomic mass is 16.7. The molecule has 0 amide bonds. The minimum absolute atomic E-state index is 0.0682. The van der Waals surface area contributed by atoms with Crippen LogP contribution >= 0.6 is 0 Å². The van der Waals surface area contributed by atoms with E-state index in [1.807, 2.05) is 6.07 Å². The molecule has 4 aliphatic rings. The Labute approximate surface area is 251 Å². The maximum atomic E-state index is 13.5. The first-order chi connectivity index (χ1) is 20.8. The van der Waals surface area contributed by atoms with E-state index in [1.54, 1.807) is 0 Å². The van der Waals surface area contributed by atoms with Gasteiger partial charge in [0.05, 0.1) is 17.8 Å². The number of nitrogens with two attached hydrogens (primary N) is 1. The van der Waals surface area contributed by atoms with Gasteiger partial charge >= 0.3 is 23.6 Å². The molecular formula is C31H42N4O8. The average Bonchev–Trinajstić information content (AvgIpc) is 3.33. The summed E-state index contributed by atoms with van der Waals surface area (Å²) in [4.78, 5) is 56.8. The highest BCUT2D eigenvalue weighted by Crippen LogP contribution is 2.41. The first kappa shape index (κ1) is 31.0. The summed E-state index contributed by atoms with van der Waals surface area (Å²) >= 11 is 0. The molecule has 2 heterocycles. The van der Waals surface area contributed by atoms with E-state index in [9.17, 15) is 24.4 Å². The van der Waals surface area contributed by atoms with Gasteiger partial charge < -0.3 is 24.7 Å². The van der Waals surface area contributed by atoms with E-state index in [1.165, 1.54) is 12.3 Å². The molecule has 234 valence electrons. The van der Waals surface area contributed by atoms with E-state index in [0.717, 1.165) is 75.2 Å². The number of hydrogen-bond acceptors (Lipinski definition) is 11. The molecule has 0 aromatic carbocycles. The molecule has 4 fully saturated rings. The number of nitrogen functional groups attached to an aromatic ring is 1. The number of carbonyl (C=O) groups is 3. The smallest absolute Gasteiger partial charge is 0.352 e. The summed E-state index contributed by atoms with van der Waals surface area (Å²) in [5.41, 5.74) is 2.56. The van der Waals surface area contributed by atoms with Crippen molar-refractivity contribution in [3.8, 4) is 6.07 Å². The number of ether oxygens (including phenoxy) is 4. The third-order valence-electron chi connectivity index (χ3n) is 9.43. The fourth-order valence-electron chi connectivity index (χ4n) is 6.95. The van der Waals surface area contributed by atoms with E-state index in [4.69, 9.17) is 24.7 Å². The molecule has 1 aliphatic heterocycles. The molecule has 1 aromatic rings. The first-order valence-corrected chi connectivity index (χ1v) is 15.8. The number of hydrogen-bond donors (Lipinski definition) is 1. The van der Waals surface area contributed by atoms with Crippen LogP contribution in [0.2, 0.25) is 0 Å². The molecule has 0 radical (unpaired) electrons. The lowest BCUT2D eigenvalue weighted by Crippen LogP contribution is -2.53. The fourth-order valence-corrected chi connectivity index (χ4v) is 6.95. The Hall–Kier alpha value is -3.46. The van der Waals surface area contributed by atoms with E-state index in [2.05, 4.69) is 4.98 Å². The summed E-state index contributed by atoms with van der Waals surface area (Å²) in [6.07, 6.45) is 9.72. The number of esters is 3. The maximum absolute atomic E-state index is 13.5. The number of rotatable bonds is 8. The summed E-state index contributed by atoms with van der Waals surface area (Å²) in [5.74, 6) is -2.51. The van der Waals surface area contributed by atoms with Gasteiger partial charge in [-0.25, -0.2) is 4.79 Å². The largest absolute Gasteiger partial charge is 0.463 e. The third-order valence-corrected chi connectivity index (χ3v) is 9.43. The van der Waals surface area contributed by atoms with Gasteiger partial charge in [-0.2, -0.15) is 10.2 Å². The summed E-state index contributed by atoms with van der Waals surface area (Å²) in [5, 5.41) is 10.6. The zero-order chi connectivity index (χ0) is 30.4. The molecular weight excluding hydrogens is 556 g/mol. The summed E-state index contributed by atoms with van der Waals surface area (Å²) in [6.45, 7) is -0.351. The lowest BCUT2D eigenvalue weighted by molar-refractivity contribution is -0.179. The zero-order valence-electron chi connectivity index (χ0n) is 24.6. The van der Waals surface area contributed by atoms with Gasteiger partial charge in [0, 0.05) is 6.20 Å². The molecule has 0 bridgehead atoms. The lowest BCUT2D eigenvalue weighted by atomic mass is 9.89. The number of nitrogens with zero attached hydrogens (tertiary/aromatic N) is 3. The van der Waals surface area contributed by atoms with Gasteiger partial charge in [-0.1, -0.05) is 57.8 Å². The van der Waals surface area contributed by atoms with E-state index in [-0.39, 0.29) is 24.3 Å². The molecule has 5 rings (SSSR count). The van der Waals surface area contributed by atoms with Crippen molar-refractivity contribution in [2.45, 2.75) is 120 Å². The third kappa shape index (κ3) is 6.87. The Balaban J connectivity index is 1.49. The van der Waals surface area contributed by atoms with Crippen molar-refractivity contribution >= 4 is 23.7 Å². The number of nitriles is 1. The second kappa shape index (κ2) is 13.9. The number of anilines is 1. The van der Waals surface area contributed by atoms with E-state index in [0.29, 0.717) is 25.7 Å². The SMILES string of the molecule is N#C[C@@]1(n2ccc(N)nc2=O)O[C@H](COC(=O)C2CCCCC2)[C@@H](OC(=O)C2CCCCC2)[C@H]1OC(=O)C1CCCCC1. The Kier molecular flexibility index (Phi) is 10.0. The highest BCUT2D eigenvalue weighted by molar-refractivity contribution is 5.74. The van der Waals surface area contributed by atoms with Crippen LogP contribution in [0.5, 0.6) is 0 Å². The van der Waals surface area contributed by atoms with Crippen LogP contribution < -0.4 is 11.4 Å². The van der Waals surface area contributed by atoms with E-state index >= 15 is 0 Å². The number of carbonyl (C=O) groups excluding carboxylic acids is 3. The fraction of sp³-hybridized carbons (Fsp3) is 0.742.